The highest BCUT2D eigenvalue weighted by Crippen LogP contribution is 2.22. The maximum Gasteiger partial charge on any atom is 0.279 e. The number of carbonyl (C=O) groups is 3. The molecule has 2 rings (SSSR count). The average molecular weight is 404 g/mol. The van der Waals surface area contributed by atoms with Crippen LogP contribution in [-0.4, -0.2) is 28.7 Å². The van der Waals surface area contributed by atoms with E-state index in [2.05, 4.69) is 16.2 Å². The molecule has 1 atom stereocenters. The Kier molecular flexibility index (Phi) is 6.83. The molecule has 1 aromatic carbocycles. The molecule has 3 N–H and O–H groups in total. The summed E-state index contributed by atoms with van der Waals surface area (Å²) in [6.07, 6.45) is 0.816. The first-order chi connectivity index (χ1) is 13.2. The number of amides is 3. The number of nitrogens with one attached hydrogen (secondary N) is 3. The number of benzene rings is 1. The molecule has 9 nitrogen and oxygen atoms in total. The second-order valence-corrected chi connectivity index (χ2v) is 7.15. The number of nitro groups is 1. The molecular formula is C18H20N4O5S. The molecule has 148 valence electrons. The minimum Gasteiger partial charge on any atom is -0.340 e. The van der Waals surface area contributed by atoms with Gasteiger partial charge in [0.15, 0.2) is 0 Å². The van der Waals surface area contributed by atoms with Crippen LogP contribution in [0.5, 0.6) is 0 Å². The van der Waals surface area contributed by atoms with Crippen LogP contribution < -0.4 is 16.2 Å². The fraction of sp³-hybridized carbons (Fsp3) is 0.278. The van der Waals surface area contributed by atoms with Crippen LogP contribution in [0.25, 0.3) is 0 Å². The smallest absolute Gasteiger partial charge is 0.279 e. The Morgan fingerprint density at radius 1 is 1.18 bits per heavy atom. The minimum atomic E-state index is -0.969. The molecule has 0 saturated heterocycles. The van der Waals surface area contributed by atoms with Crippen molar-refractivity contribution in [2.45, 2.75) is 33.2 Å². The summed E-state index contributed by atoms with van der Waals surface area (Å²) in [5, 5.41) is 13.2. The van der Waals surface area contributed by atoms with Gasteiger partial charge >= 0.3 is 0 Å². The fourth-order valence-electron chi connectivity index (χ4n) is 2.38. The van der Waals surface area contributed by atoms with Crippen molar-refractivity contribution in [1.29, 1.82) is 0 Å². The van der Waals surface area contributed by atoms with Gasteiger partial charge in [-0.3, -0.25) is 35.3 Å². The first-order valence-electron chi connectivity index (χ1n) is 8.47. The molecule has 0 unspecified atom stereocenters. The summed E-state index contributed by atoms with van der Waals surface area (Å²) in [5.41, 5.74) is 5.41. The van der Waals surface area contributed by atoms with Crippen molar-refractivity contribution >= 4 is 34.7 Å². The standard InChI is InChI=1S/C18H20N4O5S/c1-4-14-10(2)8-15(28-14)18(25)21-20-16(23)11(3)19-17(24)12-6-5-7-13(9-12)22(26)27/h5-9,11H,4H2,1-3H3,(H,19,24)(H,20,23)(H,21,25)/t11-/m0/s1. The van der Waals surface area contributed by atoms with Gasteiger partial charge in [-0.05, 0) is 38.0 Å². The number of nitro benzene ring substituents is 1. The highest BCUT2D eigenvalue weighted by Gasteiger charge is 2.19. The maximum absolute atomic E-state index is 12.2. The molecule has 1 aromatic heterocycles. The average Bonchev–Trinajstić information content (AvgIpc) is 3.06. The second-order valence-electron chi connectivity index (χ2n) is 6.02. The van der Waals surface area contributed by atoms with E-state index in [1.54, 1.807) is 6.07 Å². The number of rotatable bonds is 6. The van der Waals surface area contributed by atoms with Gasteiger partial charge in [0.25, 0.3) is 23.4 Å². The van der Waals surface area contributed by atoms with Crippen LogP contribution in [0, 0.1) is 17.0 Å². The van der Waals surface area contributed by atoms with Gasteiger partial charge in [-0.2, -0.15) is 0 Å². The van der Waals surface area contributed by atoms with Crippen LogP contribution in [0.2, 0.25) is 0 Å². The van der Waals surface area contributed by atoms with Crippen molar-refractivity contribution in [1.82, 2.24) is 16.2 Å². The molecule has 0 fully saturated rings. The molecule has 28 heavy (non-hydrogen) atoms. The third-order valence-corrected chi connectivity index (χ3v) is 5.30. The van der Waals surface area contributed by atoms with Gasteiger partial charge in [0, 0.05) is 22.6 Å². The zero-order chi connectivity index (χ0) is 20.8. The lowest BCUT2D eigenvalue weighted by atomic mass is 10.2. The van der Waals surface area contributed by atoms with Gasteiger partial charge in [-0.25, -0.2) is 0 Å². The monoisotopic (exact) mass is 404 g/mol. The van der Waals surface area contributed by atoms with Crippen LogP contribution in [0.15, 0.2) is 30.3 Å². The highest BCUT2D eigenvalue weighted by molar-refractivity contribution is 7.14. The summed E-state index contributed by atoms with van der Waals surface area (Å²) < 4.78 is 0. The van der Waals surface area contributed by atoms with Crippen LogP contribution >= 0.6 is 11.3 Å². The van der Waals surface area contributed by atoms with Crippen molar-refractivity contribution in [3.63, 3.8) is 0 Å². The molecule has 10 heteroatoms. The predicted molar refractivity (Wildman–Crippen MR) is 104 cm³/mol. The molecule has 0 spiro atoms. The lowest BCUT2D eigenvalue weighted by Gasteiger charge is -2.14. The SMILES string of the molecule is CCc1sc(C(=O)NNC(=O)[C@H](C)NC(=O)c2cccc([N+](=O)[O-])c2)cc1C. The summed E-state index contributed by atoms with van der Waals surface area (Å²) in [6.45, 7) is 5.34. The normalized spacial score (nSPS) is 11.4. The Hall–Kier alpha value is -3.27. The Labute approximate surface area is 165 Å². The van der Waals surface area contributed by atoms with Gasteiger partial charge in [-0.15, -0.1) is 11.3 Å². The minimum absolute atomic E-state index is 0.0547. The summed E-state index contributed by atoms with van der Waals surface area (Å²) in [6, 6.07) is 5.94. The first-order valence-corrected chi connectivity index (χ1v) is 9.29. The lowest BCUT2D eigenvalue weighted by molar-refractivity contribution is -0.384. The number of non-ortho nitro benzene ring substituents is 1. The topological polar surface area (TPSA) is 130 Å². The zero-order valence-corrected chi connectivity index (χ0v) is 16.4. The number of nitrogens with zero attached hydrogens (tertiary/aromatic N) is 1. The first kappa shape index (κ1) is 21.0. The van der Waals surface area contributed by atoms with Crippen molar-refractivity contribution in [3.8, 4) is 0 Å². The van der Waals surface area contributed by atoms with Crippen molar-refractivity contribution in [3.05, 3.63) is 61.3 Å². The summed E-state index contributed by atoms with van der Waals surface area (Å²) in [5.74, 6) is -1.71. The van der Waals surface area contributed by atoms with Crippen LogP contribution in [0.1, 0.15) is 44.3 Å². The van der Waals surface area contributed by atoms with Gasteiger partial charge < -0.3 is 5.32 Å². The number of hydrogen-bond donors (Lipinski definition) is 3. The number of aryl methyl sites for hydroxylation is 2. The molecule has 0 radical (unpaired) electrons. The van der Waals surface area contributed by atoms with Crippen molar-refractivity contribution < 1.29 is 19.3 Å². The van der Waals surface area contributed by atoms with E-state index in [4.69, 9.17) is 0 Å². The number of hydrogen-bond acceptors (Lipinski definition) is 6. The van der Waals surface area contributed by atoms with E-state index in [1.807, 2.05) is 13.8 Å². The largest absolute Gasteiger partial charge is 0.340 e. The highest BCUT2D eigenvalue weighted by atomic mass is 32.1. The Morgan fingerprint density at radius 2 is 1.89 bits per heavy atom. The third-order valence-electron chi connectivity index (χ3n) is 3.92. The Morgan fingerprint density at radius 3 is 2.50 bits per heavy atom. The Balaban J connectivity index is 1.91. The maximum atomic E-state index is 12.2. The van der Waals surface area contributed by atoms with Gasteiger partial charge in [0.05, 0.1) is 9.80 Å². The fourth-order valence-corrected chi connectivity index (χ4v) is 3.39. The number of carbonyl (C=O) groups excluding carboxylic acids is 3. The van der Waals surface area contributed by atoms with E-state index in [0.29, 0.717) is 4.88 Å². The van der Waals surface area contributed by atoms with Gasteiger partial charge in [0.2, 0.25) is 0 Å². The van der Waals surface area contributed by atoms with E-state index in [-0.39, 0.29) is 11.3 Å². The molecular weight excluding hydrogens is 384 g/mol. The lowest BCUT2D eigenvalue weighted by Crippen LogP contribution is -2.51. The van der Waals surface area contributed by atoms with Crippen LogP contribution in [0.3, 0.4) is 0 Å². The van der Waals surface area contributed by atoms with Gasteiger partial charge in [-0.1, -0.05) is 13.0 Å². The quantitative estimate of drug-likeness (QED) is 0.501. The van der Waals surface area contributed by atoms with E-state index >= 15 is 0 Å². The summed E-state index contributed by atoms with van der Waals surface area (Å²) >= 11 is 1.35. The molecule has 0 saturated carbocycles. The zero-order valence-electron chi connectivity index (χ0n) is 15.6. The van der Waals surface area contributed by atoms with Crippen LogP contribution in [0.4, 0.5) is 5.69 Å². The molecule has 0 aliphatic rings. The van der Waals surface area contributed by atoms with E-state index in [0.717, 1.165) is 22.9 Å². The predicted octanol–water partition coefficient (Wildman–Crippen LogP) is 2.11. The molecule has 3 amide bonds. The summed E-state index contributed by atoms with van der Waals surface area (Å²) in [7, 11) is 0. The molecule has 0 aliphatic carbocycles. The third kappa shape index (κ3) is 5.13. The van der Waals surface area contributed by atoms with Crippen molar-refractivity contribution in [2.24, 2.45) is 0 Å². The van der Waals surface area contributed by atoms with E-state index in [1.165, 1.54) is 36.5 Å². The molecule has 0 aliphatic heterocycles. The second kappa shape index (κ2) is 9.09. The van der Waals surface area contributed by atoms with Crippen LogP contribution in [-0.2, 0) is 11.2 Å². The number of hydrazine groups is 1. The van der Waals surface area contributed by atoms with E-state index < -0.39 is 28.7 Å². The van der Waals surface area contributed by atoms with Crippen molar-refractivity contribution in [2.75, 3.05) is 0 Å². The van der Waals surface area contributed by atoms with Gasteiger partial charge in [0.1, 0.15) is 6.04 Å². The number of thiophene rings is 1. The molecule has 0 bridgehead atoms. The Bertz CT molecular complexity index is 924. The molecule has 1 heterocycles. The van der Waals surface area contributed by atoms with E-state index in [9.17, 15) is 24.5 Å². The molecule has 2 aromatic rings. The summed E-state index contributed by atoms with van der Waals surface area (Å²) in [4.78, 5) is 48.1.